The lowest BCUT2D eigenvalue weighted by atomic mass is 10.2. The smallest absolute Gasteiger partial charge is 0.150 e. The van der Waals surface area contributed by atoms with Gasteiger partial charge in [-0.25, -0.2) is 4.68 Å². The van der Waals surface area contributed by atoms with Crippen LogP contribution in [0.15, 0.2) is 0 Å². The van der Waals surface area contributed by atoms with E-state index in [4.69, 9.17) is 5.73 Å². The van der Waals surface area contributed by atoms with Crippen molar-refractivity contribution >= 4 is 11.5 Å². The molecule has 1 aliphatic heterocycles. The number of nitrogens with zero attached hydrogens (tertiary/aromatic N) is 4. The lowest BCUT2D eigenvalue weighted by Gasteiger charge is -2.28. The number of hydrogen-bond acceptors (Lipinski definition) is 4. The Morgan fingerprint density at radius 3 is 2.79 bits per heavy atom. The van der Waals surface area contributed by atoms with Gasteiger partial charge in [0, 0.05) is 26.2 Å². The van der Waals surface area contributed by atoms with Gasteiger partial charge in [-0.2, -0.15) is 5.10 Å². The van der Waals surface area contributed by atoms with Crippen LogP contribution in [-0.4, -0.2) is 47.9 Å². The molecular weight excluding hydrogens is 238 g/mol. The van der Waals surface area contributed by atoms with E-state index in [1.807, 2.05) is 6.92 Å². The van der Waals surface area contributed by atoms with Crippen LogP contribution in [-0.2, 0) is 6.54 Å². The molecule has 0 aliphatic carbocycles. The van der Waals surface area contributed by atoms with Gasteiger partial charge in [-0.05, 0) is 39.8 Å². The second-order valence-electron chi connectivity index (χ2n) is 5.70. The van der Waals surface area contributed by atoms with Gasteiger partial charge in [-0.1, -0.05) is 6.92 Å². The van der Waals surface area contributed by atoms with Crippen LogP contribution in [0.4, 0.5) is 11.5 Å². The van der Waals surface area contributed by atoms with E-state index in [0.29, 0.717) is 6.04 Å². The Balaban J connectivity index is 2.15. The lowest BCUT2D eigenvalue weighted by molar-refractivity contribution is 0.313. The monoisotopic (exact) mass is 265 g/mol. The second-order valence-corrected chi connectivity index (χ2v) is 5.70. The minimum Gasteiger partial charge on any atom is -0.394 e. The van der Waals surface area contributed by atoms with Crippen molar-refractivity contribution in [2.45, 2.75) is 45.7 Å². The van der Waals surface area contributed by atoms with Crippen LogP contribution in [0.5, 0.6) is 0 Å². The quantitative estimate of drug-likeness (QED) is 0.880. The summed E-state index contributed by atoms with van der Waals surface area (Å²) in [5.41, 5.74) is 7.97. The molecule has 5 heteroatoms. The Morgan fingerprint density at radius 2 is 2.21 bits per heavy atom. The number of rotatable bonds is 5. The number of nitrogens with two attached hydrogens (primary N) is 1. The van der Waals surface area contributed by atoms with Crippen molar-refractivity contribution in [1.82, 2.24) is 14.7 Å². The van der Waals surface area contributed by atoms with E-state index in [9.17, 15) is 0 Å². The predicted molar refractivity (Wildman–Crippen MR) is 80.6 cm³/mol. The number of likely N-dealkylation sites (tertiary alicyclic amines) is 1. The first-order chi connectivity index (χ1) is 9.04. The topological polar surface area (TPSA) is 50.3 Å². The van der Waals surface area contributed by atoms with E-state index < -0.39 is 0 Å². The van der Waals surface area contributed by atoms with Crippen LogP contribution in [0.3, 0.4) is 0 Å². The maximum atomic E-state index is 6.20. The summed E-state index contributed by atoms with van der Waals surface area (Å²) in [6.07, 6.45) is 3.66. The first-order valence-electron chi connectivity index (χ1n) is 7.28. The molecule has 2 N–H and O–H groups in total. The molecule has 5 nitrogen and oxygen atoms in total. The number of aryl methyl sites for hydroxylation is 2. The average Bonchev–Trinajstić information content (AvgIpc) is 2.86. The largest absolute Gasteiger partial charge is 0.394 e. The van der Waals surface area contributed by atoms with Gasteiger partial charge in [0.15, 0.2) is 0 Å². The van der Waals surface area contributed by atoms with Crippen LogP contribution in [0.1, 0.15) is 31.9 Å². The Bertz CT molecular complexity index is 426. The predicted octanol–water partition coefficient (Wildman–Crippen LogP) is 1.71. The third-order valence-electron chi connectivity index (χ3n) is 4.10. The molecule has 1 saturated heterocycles. The van der Waals surface area contributed by atoms with Gasteiger partial charge in [0.25, 0.3) is 0 Å². The summed E-state index contributed by atoms with van der Waals surface area (Å²) in [7, 11) is 4.34. The summed E-state index contributed by atoms with van der Waals surface area (Å²) in [5, 5.41) is 4.55. The van der Waals surface area contributed by atoms with Gasteiger partial charge in [0.1, 0.15) is 5.82 Å². The fourth-order valence-corrected chi connectivity index (χ4v) is 2.97. The van der Waals surface area contributed by atoms with Crippen molar-refractivity contribution in [3.8, 4) is 0 Å². The van der Waals surface area contributed by atoms with E-state index in [0.717, 1.165) is 36.7 Å². The molecule has 1 unspecified atom stereocenters. The molecule has 19 heavy (non-hydrogen) atoms. The van der Waals surface area contributed by atoms with Crippen LogP contribution >= 0.6 is 0 Å². The first-order valence-corrected chi connectivity index (χ1v) is 7.28. The van der Waals surface area contributed by atoms with Gasteiger partial charge in [-0.15, -0.1) is 0 Å². The molecule has 2 heterocycles. The third-order valence-corrected chi connectivity index (χ3v) is 4.10. The lowest BCUT2D eigenvalue weighted by Crippen LogP contribution is -2.37. The highest BCUT2D eigenvalue weighted by Crippen LogP contribution is 2.27. The van der Waals surface area contributed by atoms with Crippen LogP contribution in [0.25, 0.3) is 0 Å². The molecule has 0 spiro atoms. The van der Waals surface area contributed by atoms with E-state index in [2.05, 4.69) is 40.6 Å². The van der Waals surface area contributed by atoms with Gasteiger partial charge in [0.2, 0.25) is 0 Å². The normalized spacial score (nSPS) is 20.1. The Kier molecular flexibility index (Phi) is 4.34. The highest BCUT2D eigenvalue weighted by atomic mass is 15.4. The Hall–Kier alpha value is -1.23. The molecule has 108 valence electrons. The zero-order chi connectivity index (χ0) is 14.0. The number of nitrogen functional groups attached to an aromatic ring is 1. The van der Waals surface area contributed by atoms with Crippen LogP contribution in [0.2, 0.25) is 0 Å². The maximum absolute atomic E-state index is 6.20. The maximum Gasteiger partial charge on any atom is 0.150 e. The molecule has 1 atom stereocenters. The first kappa shape index (κ1) is 14.2. The number of likely N-dealkylation sites (N-methyl/N-ethyl adjacent to an activating group) is 2. The standard InChI is InChI=1S/C14H27N5/c1-5-8-19-14(13(15)11(2)16-19)18(4)10-12-7-6-9-17(12)3/h12H,5-10,15H2,1-4H3. The molecule has 0 aromatic carbocycles. The SMILES string of the molecule is CCCn1nc(C)c(N)c1N(C)CC1CCCN1C. The molecule has 1 aromatic heterocycles. The molecule has 0 amide bonds. The Labute approximate surface area is 116 Å². The van der Waals surface area contributed by atoms with Crippen molar-refractivity contribution in [3.63, 3.8) is 0 Å². The third kappa shape index (κ3) is 2.86. The molecule has 1 aromatic rings. The number of hydrogen-bond donors (Lipinski definition) is 1. The zero-order valence-corrected chi connectivity index (χ0v) is 12.7. The molecule has 1 fully saturated rings. The second kappa shape index (κ2) is 5.82. The van der Waals surface area contributed by atoms with Crippen molar-refractivity contribution in [2.24, 2.45) is 0 Å². The minimum atomic E-state index is 0.634. The van der Waals surface area contributed by atoms with Crippen molar-refractivity contribution in [2.75, 3.05) is 37.8 Å². The summed E-state index contributed by atoms with van der Waals surface area (Å²) >= 11 is 0. The molecular formula is C14H27N5. The molecule has 1 aliphatic rings. The summed E-state index contributed by atoms with van der Waals surface area (Å²) < 4.78 is 2.06. The number of aromatic nitrogens is 2. The molecule has 0 bridgehead atoms. The molecule has 2 rings (SSSR count). The van der Waals surface area contributed by atoms with Crippen molar-refractivity contribution in [1.29, 1.82) is 0 Å². The average molecular weight is 265 g/mol. The fourth-order valence-electron chi connectivity index (χ4n) is 2.97. The van der Waals surface area contributed by atoms with Gasteiger partial charge in [0.05, 0.1) is 11.4 Å². The highest BCUT2D eigenvalue weighted by molar-refractivity contribution is 5.66. The summed E-state index contributed by atoms with van der Waals surface area (Å²) in [6.45, 7) is 7.32. The fraction of sp³-hybridized carbons (Fsp3) is 0.786. The van der Waals surface area contributed by atoms with Gasteiger partial charge < -0.3 is 15.5 Å². The molecule has 0 radical (unpaired) electrons. The van der Waals surface area contributed by atoms with E-state index in [1.54, 1.807) is 0 Å². The Morgan fingerprint density at radius 1 is 1.47 bits per heavy atom. The minimum absolute atomic E-state index is 0.634. The van der Waals surface area contributed by atoms with Gasteiger partial charge >= 0.3 is 0 Å². The number of anilines is 2. The summed E-state index contributed by atoms with van der Waals surface area (Å²) in [6, 6.07) is 0.634. The summed E-state index contributed by atoms with van der Waals surface area (Å²) in [4.78, 5) is 4.72. The molecule has 0 saturated carbocycles. The van der Waals surface area contributed by atoms with Gasteiger partial charge in [-0.3, -0.25) is 0 Å². The zero-order valence-electron chi connectivity index (χ0n) is 12.7. The highest BCUT2D eigenvalue weighted by Gasteiger charge is 2.24. The summed E-state index contributed by atoms with van der Waals surface area (Å²) in [5.74, 6) is 1.08. The van der Waals surface area contributed by atoms with E-state index >= 15 is 0 Å². The van der Waals surface area contributed by atoms with Crippen molar-refractivity contribution < 1.29 is 0 Å². The van der Waals surface area contributed by atoms with Crippen molar-refractivity contribution in [3.05, 3.63) is 5.69 Å². The van der Waals surface area contributed by atoms with Crippen LogP contribution < -0.4 is 10.6 Å². The van der Waals surface area contributed by atoms with E-state index in [1.165, 1.54) is 19.4 Å². The van der Waals surface area contributed by atoms with E-state index in [-0.39, 0.29) is 0 Å². The van der Waals surface area contributed by atoms with Crippen LogP contribution in [0, 0.1) is 6.92 Å².